The number of ether oxygens (including phenoxy) is 1. The molecule has 0 aromatic carbocycles. The highest BCUT2D eigenvalue weighted by atomic mass is 32.1. The highest BCUT2D eigenvalue weighted by molar-refractivity contribution is 7.15. The van der Waals surface area contributed by atoms with Gasteiger partial charge in [-0.2, -0.15) is 11.3 Å². The van der Waals surface area contributed by atoms with Gasteiger partial charge in [-0.05, 0) is 45.6 Å². The summed E-state index contributed by atoms with van der Waals surface area (Å²) >= 11 is 3.17. The molecule has 0 amide bonds. The summed E-state index contributed by atoms with van der Waals surface area (Å²) in [4.78, 5) is 31.6. The van der Waals surface area contributed by atoms with Crippen LogP contribution in [0.3, 0.4) is 0 Å². The molecule has 0 unspecified atom stereocenters. The summed E-state index contributed by atoms with van der Waals surface area (Å²) in [6, 6.07) is 2.01. The zero-order chi connectivity index (χ0) is 17.7. The second kappa shape index (κ2) is 5.86. The number of hydrogen-bond acceptors (Lipinski definition) is 6. The van der Waals surface area contributed by atoms with Crippen LogP contribution < -0.4 is 0 Å². The zero-order valence-electron chi connectivity index (χ0n) is 14.5. The predicted octanol–water partition coefficient (Wildman–Crippen LogP) is 4.24. The van der Waals surface area contributed by atoms with Crippen LogP contribution in [0.1, 0.15) is 51.1 Å². The molecule has 0 saturated carbocycles. The summed E-state index contributed by atoms with van der Waals surface area (Å²) in [7, 11) is 0. The lowest BCUT2D eigenvalue weighted by molar-refractivity contribution is -0.184. The van der Waals surface area contributed by atoms with Gasteiger partial charge in [0.15, 0.2) is 11.6 Å². The zero-order valence-corrected chi connectivity index (χ0v) is 16.1. The van der Waals surface area contributed by atoms with Crippen LogP contribution in [0.5, 0.6) is 0 Å². The Balaban J connectivity index is 2.12. The van der Waals surface area contributed by atoms with Crippen molar-refractivity contribution in [2.24, 2.45) is 0 Å². The molecule has 0 spiro atoms. The van der Waals surface area contributed by atoms with E-state index >= 15 is 0 Å². The van der Waals surface area contributed by atoms with Crippen LogP contribution in [0.4, 0.5) is 0 Å². The third-order valence-electron chi connectivity index (χ3n) is 4.31. The van der Waals surface area contributed by atoms with Crippen molar-refractivity contribution >= 4 is 34.2 Å². The minimum absolute atomic E-state index is 0.205. The van der Waals surface area contributed by atoms with E-state index in [1.165, 1.54) is 0 Å². The van der Waals surface area contributed by atoms with Crippen LogP contribution >= 0.6 is 22.7 Å². The Kier molecular flexibility index (Phi) is 4.26. The summed E-state index contributed by atoms with van der Waals surface area (Å²) in [6.07, 6.45) is 0.746. The molecule has 0 atom stereocenters. The molecule has 3 heterocycles. The van der Waals surface area contributed by atoms with Crippen LogP contribution in [0, 0.1) is 0 Å². The molecule has 128 valence electrons. The third kappa shape index (κ3) is 2.76. The minimum Gasteiger partial charge on any atom is -0.354 e. The first-order valence-corrected chi connectivity index (χ1v) is 9.74. The lowest BCUT2D eigenvalue weighted by Gasteiger charge is -2.42. The van der Waals surface area contributed by atoms with Gasteiger partial charge in [-0.15, -0.1) is 11.3 Å². The van der Waals surface area contributed by atoms with Crippen LogP contribution in [0.25, 0.3) is 10.6 Å². The van der Waals surface area contributed by atoms with E-state index < -0.39 is 17.1 Å². The summed E-state index contributed by atoms with van der Waals surface area (Å²) in [5, 5.41) is 4.90. The first-order valence-electron chi connectivity index (χ1n) is 7.98. The Labute approximate surface area is 149 Å². The van der Waals surface area contributed by atoms with Crippen molar-refractivity contribution in [1.82, 2.24) is 4.98 Å². The molecule has 6 heteroatoms. The average molecular weight is 364 g/mol. The van der Waals surface area contributed by atoms with Gasteiger partial charge in [-0.1, -0.05) is 6.92 Å². The van der Waals surface area contributed by atoms with Crippen molar-refractivity contribution in [3.8, 4) is 10.6 Å². The maximum atomic E-state index is 12.9. The number of aryl methyl sites for hydroxylation is 1. The summed E-state index contributed by atoms with van der Waals surface area (Å²) in [6.45, 7) is 8.95. The van der Waals surface area contributed by atoms with Crippen LogP contribution in [0.2, 0.25) is 0 Å². The number of aromatic nitrogens is 1. The molecular weight excluding hydrogens is 342 g/mol. The number of nitrogens with zero attached hydrogens (tertiary/aromatic N) is 1. The number of Topliss-reactive ketones (excluding diaryl/α,β-unsaturated/α-hetero) is 2. The summed E-state index contributed by atoms with van der Waals surface area (Å²) < 4.78 is 5.77. The van der Waals surface area contributed by atoms with Crippen molar-refractivity contribution in [2.45, 2.75) is 58.2 Å². The van der Waals surface area contributed by atoms with Gasteiger partial charge in [0, 0.05) is 15.8 Å². The highest BCUT2D eigenvalue weighted by Gasteiger charge is 2.54. The van der Waals surface area contributed by atoms with Gasteiger partial charge >= 0.3 is 0 Å². The van der Waals surface area contributed by atoms with Gasteiger partial charge in [0.2, 0.25) is 0 Å². The van der Waals surface area contributed by atoms with Crippen molar-refractivity contribution in [1.29, 1.82) is 0 Å². The van der Waals surface area contributed by atoms with Gasteiger partial charge in [-0.3, -0.25) is 9.59 Å². The summed E-state index contributed by atoms with van der Waals surface area (Å²) in [5.41, 5.74) is -0.349. The van der Waals surface area contributed by atoms with Crippen molar-refractivity contribution in [3.05, 3.63) is 27.4 Å². The fraction of sp³-hybridized carbons (Fsp3) is 0.500. The fourth-order valence-corrected chi connectivity index (χ4v) is 4.90. The molecule has 0 N–H and O–H groups in total. The smallest absolute Gasteiger partial charge is 0.180 e. The maximum absolute atomic E-state index is 12.9. The maximum Gasteiger partial charge on any atom is 0.180 e. The van der Waals surface area contributed by atoms with E-state index in [1.807, 2.05) is 23.8 Å². The first kappa shape index (κ1) is 17.5. The second-order valence-electron chi connectivity index (χ2n) is 6.98. The lowest BCUT2D eigenvalue weighted by atomic mass is 9.76. The first-order chi connectivity index (χ1) is 11.2. The fourth-order valence-electron chi connectivity index (χ4n) is 3.15. The number of ketones is 2. The molecule has 2 aromatic heterocycles. The number of thiophene rings is 1. The van der Waals surface area contributed by atoms with Gasteiger partial charge < -0.3 is 4.74 Å². The van der Waals surface area contributed by atoms with Gasteiger partial charge in [0.25, 0.3) is 0 Å². The van der Waals surface area contributed by atoms with Gasteiger partial charge in [-0.25, -0.2) is 4.98 Å². The van der Waals surface area contributed by atoms with E-state index in [1.54, 1.807) is 50.4 Å². The number of hydrogen-bond donors (Lipinski definition) is 0. The molecule has 0 radical (unpaired) electrons. The standard InChI is InChI=1S/C18H21NO3S2/c1-6-11-13(19-16(24-11)10-7-8-23-9-10)12-14(20)17(2,3)22-18(4,5)15(12)21/h7-9,12H,6H2,1-5H3. The van der Waals surface area contributed by atoms with Gasteiger partial charge in [0.05, 0.1) is 5.69 Å². The van der Waals surface area contributed by atoms with E-state index in [0.29, 0.717) is 5.69 Å². The monoisotopic (exact) mass is 363 g/mol. The average Bonchev–Trinajstić information content (AvgIpc) is 3.14. The minimum atomic E-state index is -1.00. The number of carbonyl (C=O) groups excluding carboxylic acids is 2. The van der Waals surface area contributed by atoms with Crippen molar-refractivity contribution < 1.29 is 14.3 Å². The summed E-state index contributed by atoms with van der Waals surface area (Å²) in [5.74, 6) is -1.25. The number of thiazole rings is 1. The Bertz CT molecular complexity index is 761. The lowest BCUT2D eigenvalue weighted by Crippen LogP contribution is -2.58. The topological polar surface area (TPSA) is 56.3 Å². The van der Waals surface area contributed by atoms with E-state index in [4.69, 9.17) is 9.72 Å². The quantitative estimate of drug-likeness (QED) is 0.765. The van der Waals surface area contributed by atoms with E-state index in [0.717, 1.165) is 21.9 Å². The number of carbonyl (C=O) groups is 2. The third-order valence-corrected chi connectivity index (χ3v) is 6.26. The molecule has 2 aromatic rings. The van der Waals surface area contributed by atoms with Crippen LogP contribution in [-0.2, 0) is 20.7 Å². The van der Waals surface area contributed by atoms with Crippen molar-refractivity contribution in [2.75, 3.05) is 0 Å². The van der Waals surface area contributed by atoms with E-state index in [9.17, 15) is 9.59 Å². The van der Waals surface area contributed by atoms with Crippen molar-refractivity contribution in [3.63, 3.8) is 0 Å². The largest absolute Gasteiger partial charge is 0.354 e. The molecule has 0 bridgehead atoms. The molecule has 1 saturated heterocycles. The van der Waals surface area contributed by atoms with Crippen LogP contribution in [-0.4, -0.2) is 27.8 Å². The molecule has 1 aliphatic heterocycles. The van der Waals surface area contributed by atoms with Gasteiger partial charge in [0.1, 0.15) is 22.1 Å². The number of rotatable bonds is 3. The molecule has 1 fully saturated rings. The molecule has 1 aliphatic rings. The van der Waals surface area contributed by atoms with E-state index in [2.05, 4.69) is 0 Å². The molecule has 4 nitrogen and oxygen atoms in total. The van der Waals surface area contributed by atoms with E-state index in [-0.39, 0.29) is 11.6 Å². The molecule has 3 rings (SSSR count). The molecular formula is C18H21NO3S2. The Morgan fingerprint density at radius 2 is 1.79 bits per heavy atom. The SMILES string of the molecule is CCc1sc(-c2ccsc2)nc1C1C(=O)C(C)(C)OC(C)(C)C1=O. The Hall–Kier alpha value is -1.37. The normalized spacial score (nSPS) is 20.5. The Morgan fingerprint density at radius 3 is 2.29 bits per heavy atom. The Morgan fingerprint density at radius 1 is 1.17 bits per heavy atom. The second-order valence-corrected chi connectivity index (χ2v) is 8.84. The van der Waals surface area contributed by atoms with Crippen LogP contribution in [0.15, 0.2) is 16.8 Å². The molecule has 0 aliphatic carbocycles. The molecule has 24 heavy (non-hydrogen) atoms. The highest BCUT2D eigenvalue weighted by Crippen LogP contribution is 2.41. The predicted molar refractivity (Wildman–Crippen MR) is 96.8 cm³/mol.